The second-order valence-corrected chi connectivity index (χ2v) is 5.99. The van der Waals surface area contributed by atoms with Crippen LogP contribution in [0.5, 0.6) is 0 Å². The Morgan fingerprint density at radius 1 is 1.16 bits per heavy atom. The standard InChI is InChI=1S/C13H23N3O2S/c1-3-10-16(4-2)11-9-15-12-5-7-13(8-6-12)19(14,17)18/h5-8,15H,3-4,9-11H2,1-2H3,(H2,14,17,18). The third kappa shape index (κ3) is 5.59. The van der Waals surface area contributed by atoms with Gasteiger partial charge in [0.05, 0.1) is 4.90 Å². The maximum Gasteiger partial charge on any atom is 0.238 e. The zero-order chi connectivity index (χ0) is 14.3. The van der Waals surface area contributed by atoms with E-state index in [4.69, 9.17) is 5.14 Å². The summed E-state index contributed by atoms with van der Waals surface area (Å²) < 4.78 is 22.2. The molecular weight excluding hydrogens is 262 g/mol. The van der Waals surface area contributed by atoms with Crippen molar-refractivity contribution in [2.45, 2.75) is 25.2 Å². The lowest BCUT2D eigenvalue weighted by molar-refractivity contribution is 0.300. The molecule has 0 spiro atoms. The van der Waals surface area contributed by atoms with Gasteiger partial charge in [0.25, 0.3) is 0 Å². The summed E-state index contributed by atoms with van der Waals surface area (Å²) in [7, 11) is -3.60. The van der Waals surface area contributed by atoms with E-state index in [2.05, 4.69) is 24.1 Å². The molecule has 6 heteroatoms. The number of nitrogens with one attached hydrogen (secondary N) is 1. The summed E-state index contributed by atoms with van der Waals surface area (Å²) in [6, 6.07) is 6.49. The third-order valence-electron chi connectivity index (χ3n) is 2.93. The van der Waals surface area contributed by atoms with Crippen molar-refractivity contribution in [3.05, 3.63) is 24.3 Å². The number of nitrogens with two attached hydrogens (primary N) is 1. The van der Waals surface area contributed by atoms with Gasteiger partial charge in [0.1, 0.15) is 0 Å². The Balaban J connectivity index is 2.46. The Bertz CT molecular complexity index is 471. The number of likely N-dealkylation sites (N-methyl/N-ethyl adjacent to an activating group) is 1. The van der Waals surface area contributed by atoms with E-state index < -0.39 is 10.0 Å². The van der Waals surface area contributed by atoms with Gasteiger partial charge in [-0.25, -0.2) is 13.6 Å². The minimum absolute atomic E-state index is 0.138. The topological polar surface area (TPSA) is 75.4 Å². The number of rotatable bonds is 8. The fourth-order valence-corrected chi connectivity index (χ4v) is 2.38. The van der Waals surface area contributed by atoms with Crippen LogP contribution in [0.2, 0.25) is 0 Å². The number of hydrogen-bond acceptors (Lipinski definition) is 4. The zero-order valence-electron chi connectivity index (χ0n) is 11.6. The van der Waals surface area contributed by atoms with Gasteiger partial charge in [-0.15, -0.1) is 0 Å². The van der Waals surface area contributed by atoms with Crippen molar-refractivity contribution >= 4 is 15.7 Å². The first-order valence-corrected chi connectivity index (χ1v) is 8.11. The number of primary sulfonamides is 1. The molecule has 0 unspecified atom stereocenters. The average Bonchev–Trinajstić information content (AvgIpc) is 2.37. The molecule has 3 N–H and O–H groups in total. The zero-order valence-corrected chi connectivity index (χ0v) is 12.4. The number of hydrogen-bond donors (Lipinski definition) is 2. The molecule has 0 radical (unpaired) electrons. The fraction of sp³-hybridized carbons (Fsp3) is 0.538. The largest absolute Gasteiger partial charge is 0.384 e. The Hall–Kier alpha value is -1.11. The molecular formula is C13H23N3O2S. The van der Waals surface area contributed by atoms with Crippen molar-refractivity contribution in [1.29, 1.82) is 0 Å². The van der Waals surface area contributed by atoms with E-state index in [0.717, 1.165) is 38.3 Å². The van der Waals surface area contributed by atoms with E-state index in [1.807, 2.05) is 0 Å². The van der Waals surface area contributed by atoms with Gasteiger partial charge in [-0.2, -0.15) is 0 Å². The van der Waals surface area contributed by atoms with Gasteiger partial charge in [-0.1, -0.05) is 13.8 Å². The second-order valence-electron chi connectivity index (χ2n) is 4.43. The van der Waals surface area contributed by atoms with Crippen LogP contribution in [0.25, 0.3) is 0 Å². The average molecular weight is 285 g/mol. The smallest absolute Gasteiger partial charge is 0.238 e. The van der Waals surface area contributed by atoms with Crippen LogP contribution in [-0.4, -0.2) is 39.5 Å². The van der Waals surface area contributed by atoms with Crippen LogP contribution in [0, 0.1) is 0 Å². The van der Waals surface area contributed by atoms with Crippen molar-refractivity contribution in [3.8, 4) is 0 Å². The molecule has 0 heterocycles. The Morgan fingerprint density at radius 2 is 1.79 bits per heavy atom. The second kappa shape index (κ2) is 7.47. The number of nitrogens with zero attached hydrogens (tertiary/aromatic N) is 1. The predicted octanol–water partition coefficient (Wildman–Crippen LogP) is 1.48. The van der Waals surface area contributed by atoms with Gasteiger partial charge < -0.3 is 10.2 Å². The number of benzene rings is 1. The van der Waals surface area contributed by atoms with Crippen LogP contribution in [0.3, 0.4) is 0 Å². The van der Waals surface area contributed by atoms with Crippen LogP contribution in [0.15, 0.2) is 29.2 Å². The van der Waals surface area contributed by atoms with Gasteiger partial charge in [-0.05, 0) is 43.8 Å². The molecule has 0 aromatic heterocycles. The maximum atomic E-state index is 11.1. The number of sulfonamides is 1. The lowest BCUT2D eigenvalue weighted by Gasteiger charge is -2.19. The molecule has 0 bridgehead atoms. The van der Waals surface area contributed by atoms with Gasteiger partial charge >= 0.3 is 0 Å². The van der Waals surface area contributed by atoms with Crippen LogP contribution in [0.4, 0.5) is 5.69 Å². The Labute approximate surface area is 115 Å². The van der Waals surface area contributed by atoms with E-state index in [1.54, 1.807) is 12.1 Å². The highest BCUT2D eigenvalue weighted by Crippen LogP contribution is 2.12. The van der Waals surface area contributed by atoms with Gasteiger partial charge in [0.15, 0.2) is 0 Å². The molecule has 1 aromatic rings. The molecule has 0 atom stereocenters. The molecule has 0 amide bonds. The monoisotopic (exact) mass is 285 g/mol. The van der Waals surface area contributed by atoms with E-state index >= 15 is 0 Å². The molecule has 108 valence electrons. The summed E-state index contributed by atoms with van der Waals surface area (Å²) in [5.74, 6) is 0. The minimum Gasteiger partial charge on any atom is -0.384 e. The van der Waals surface area contributed by atoms with E-state index in [0.29, 0.717) is 0 Å². The van der Waals surface area contributed by atoms with Crippen LogP contribution >= 0.6 is 0 Å². The third-order valence-corrected chi connectivity index (χ3v) is 3.86. The molecule has 5 nitrogen and oxygen atoms in total. The van der Waals surface area contributed by atoms with Crippen LogP contribution in [-0.2, 0) is 10.0 Å². The molecule has 0 saturated carbocycles. The van der Waals surface area contributed by atoms with Crippen molar-refractivity contribution in [3.63, 3.8) is 0 Å². The van der Waals surface area contributed by atoms with Crippen molar-refractivity contribution < 1.29 is 8.42 Å². The minimum atomic E-state index is -3.60. The molecule has 0 fully saturated rings. The Morgan fingerprint density at radius 3 is 2.26 bits per heavy atom. The highest BCUT2D eigenvalue weighted by molar-refractivity contribution is 7.89. The van der Waals surface area contributed by atoms with Gasteiger partial charge in [-0.3, -0.25) is 0 Å². The molecule has 0 aliphatic rings. The quantitative estimate of drug-likeness (QED) is 0.758. The Kier molecular flexibility index (Phi) is 6.27. The molecule has 0 aliphatic heterocycles. The first-order valence-electron chi connectivity index (χ1n) is 6.56. The molecule has 1 rings (SSSR count). The summed E-state index contributed by atoms with van der Waals surface area (Å²) in [6.07, 6.45) is 1.15. The van der Waals surface area contributed by atoms with Crippen LogP contribution < -0.4 is 10.5 Å². The summed E-state index contributed by atoms with van der Waals surface area (Å²) in [4.78, 5) is 2.50. The predicted molar refractivity (Wildman–Crippen MR) is 78.7 cm³/mol. The highest BCUT2D eigenvalue weighted by Gasteiger charge is 2.06. The summed E-state index contributed by atoms with van der Waals surface area (Å²) >= 11 is 0. The van der Waals surface area contributed by atoms with Crippen LogP contribution in [0.1, 0.15) is 20.3 Å². The summed E-state index contributed by atoms with van der Waals surface area (Å²) in [5.41, 5.74) is 0.903. The van der Waals surface area contributed by atoms with Crippen molar-refractivity contribution in [2.75, 3.05) is 31.5 Å². The van der Waals surface area contributed by atoms with Crippen molar-refractivity contribution in [2.24, 2.45) is 5.14 Å². The molecule has 1 aromatic carbocycles. The lowest BCUT2D eigenvalue weighted by atomic mass is 10.3. The summed E-state index contributed by atoms with van der Waals surface area (Å²) in [6.45, 7) is 8.27. The van der Waals surface area contributed by atoms with Crippen molar-refractivity contribution in [1.82, 2.24) is 4.90 Å². The normalized spacial score (nSPS) is 11.8. The van der Waals surface area contributed by atoms with Gasteiger partial charge in [0.2, 0.25) is 10.0 Å². The molecule has 0 saturated heterocycles. The van der Waals surface area contributed by atoms with Gasteiger partial charge in [0, 0.05) is 18.8 Å². The SMILES string of the molecule is CCCN(CC)CCNc1ccc(S(N)(=O)=O)cc1. The van der Waals surface area contributed by atoms with E-state index in [1.165, 1.54) is 12.1 Å². The lowest BCUT2D eigenvalue weighted by Crippen LogP contribution is -2.29. The summed E-state index contributed by atoms with van der Waals surface area (Å²) in [5, 5.41) is 8.31. The fourth-order valence-electron chi connectivity index (χ4n) is 1.87. The first-order chi connectivity index (χ1) is 8.97. The molecule has 0 aliphatic carbocycles. The highest BCUT2D eigenvalue weighted by atomic mass is 32.2. The molecule has 19 heavy (non-hydrogen) atoms. The maximum absolute atomic E-state index is 11.1. The van der Waals surface area contributed by atoms with E-state index in [-0.39, 0.29) is 4.90 Å². The van der Waals surface area contributed by atoms with E-state index in [9.17, 15) is 8.42 Å². The first kappa shape index (κ1) is 15.9. The number of anilines is 1.